The second-order valence-corrected chi connectivity index (χ2v) is 4.02. The molecule has 0 bridgehead atoms. The Morgan fingerprint density at radius 2 is 1.89 bits per heavy atom. The number of nitrogens with zero attached hydrogens (tertiary/aromatic N) is 3. The monoisotopic (exact) mass is 299 g/mol. The summed E-state index contributed by atoms with van der Waals surface area (Å²) in [5.74, 6) is 0.272. The minimum atomic E-state index is -4.35. The molecule has 108 valence electrons. The molecule has 0 unspecified atom stereocenters. The van der Waals surface area contributed by atoms with Crippen LogP contribution in [0.3, 0.4) is 0 Å². The predicted molar refractivity (Wildman–Crippen MR) is 63.2 cm³/mol. The molecule has 0 aromatic carbocycles. The summed E-state index contributed by atoms with van der Waals surface area (Å²) in [6, 6.07) is 0. The standard InChI is InChI=1S/C10H13ClF3N3O2/c11-8-5-15-9(16-6-8)17(1-3-18)2-4-19-7-10(12,13)14/h5-6,18H,1-4,7H2. The Bertz CT molecular complexity index is 375. The van der Waals surface area contributed by atoms with Gasteiger partial charge in [0, 0.05) is 13.1 Å². The van der Waals surface area contributed by atoms with Crippen LogP contribution in [0.2, 0.25) is 5.02 Å². The highest BCUT2D eigenvalue weighted by atomic mass is 35.5. The Balaban J connectivity index is 2.47. The van der Waals surface area contributed by atoms with Crippen LogP contribution >= 0.6 is 11.6 Å². The molecule has 1 N–H and O–H groups in total. The molecule has 0 aliphatic rings. The van der Waals surface area contributed by atoms with Crippen molar-refractivity contribution in [2.45, 2.75) is 6.18 Å². The van der Waals surface area contributed by atoms with Crippen LogP contribution in [-0.2, 0) is 4.74 Å². The highest BCUT2D eigenvalue weighted by Gasteiger charge is 2.27. The van der Waals surface area contributed by atoms with Crippen molar-refractivity contribution >= 4 is 17.5 Å². The summed E-state index contributed by atoms with van der Waals surface area (Å²) in [4.78, 5) is 9.34. The lowest BCUT2D eigenvalue weighted by Gasteiger charge is -2.21. The number of ether oxygens (including phenoxy) is 1. The third-order valence-corrected chi connectivity index (χ3v) is 2.23. The van der Waals surface area contributed by atoms with E-state index in [1.54, 1.807) is 0 Å². The van der Waals surface area contributed by atoms with Crippen molar-refractivity contribution in [3.05, 3.63) is 17.4 Å². The fourth-order valence-electron chi connectivity index (χ4n) is 1.26. The largest absolute Gasteiger partial charge is 0.411 e. The summed E-state index contributed by atoms with van der Waals surface area (Å²) in [5, 5.41) is 9.24. The molecule has 0 saturated carbocycles. The van der Waals surface area contributed by atoms with E-state index >= 15 is 0 Å². The first-order chi connectivity index (χ1) is 8.92. The van der Waals surface area contributed by atoms with Crippen LogP contribution in [0.15, 0.2) is 12.4 Å². The average molecular weight is 300 g/mol. The molecule has 1 aromatic heterocycles. The summed E-state index contributed by atoms with van der Waals surface area (Å²) in [7, 11) is 0. The van der Waals surface area contributed by atoms with Gasteiger partial charge in [0.2, 0.25) is 5.95 Å². The van der Waals surface area contributed by atoms with E-state index in [-0.39, 0.29) is 32.3 Å². The Morgan fingerprint density at radius 3 is 2.42 bits per heavy atom. The predicted octanol–water partition coefficient (Wildman–Crippen LogP) is 1.51. The highest BCUT2D eigenvalue weighted by Crippen LogP contribution is 2.14. The Kier molecular flexibility index (Phi) is 6.26. The number of hydrogen-bond acceptors (Lipinski definition) is 5. The van der Waals surface area contributed by atoms with E-state index in [2.05, 4.69) is 14.7 Å². The molecule has 19 heavy (non-hydrogen) atoms. The van der Waals surface area contributed by atoms with Gasteiger partial charge in [-0.2, -0.15) is 13.2 Å². The Hall–Kier alpha value is -1.12. The van der Waals surface area contributed by atoms with Crippen LogP contribution in [0.1, 0.15) is 0 Å². The molecule has 0 saturated heterocycles. The molecule has 0 fully saturated rings. The van der Waals surface area contributed by atoms with Crippen molar-refractivity contribution in [2.75, 3.05) is 37.8 Å². The SMILES string of the molecule is OCCN(CCOCC(F)(F)F)c1ncc(Cl)cn1. The van der Waals surface area contributed by atoms with Gasteiger partial charge in [-0.3, -0.25) is 0 Å². The quantitative estimate of drug-likeness (QED) is 0.773. The minimum absolute atomic E-state index is 0.137. The van der Waals surface area contributed by atoms with Crippen molar-refractivity contribution in [1.29, 1.82) is 0 Å². The molecule has 0 spiro atoms. The minimum Gasteiger partial charge on any atom is -0.395 e. The molecule has 1 aromatic rings. The number of alkyl halides is 3. The van der Waals surface area contributed by atoms with E-state index in [9.17, 15) is 13.2 Å². The van der Waals surface area contributed by atoms with Crippen molar-refractivity contribution in [2.24, 2.45) is 0 Å². The third kappa shape index (κ3) is 6.55. The average Bonchev–Trinajstić information content (AvgIpc) is 2.33. The van der Waals surface area contributed by atoms with Crippen LogP contribution < -0.4 is 4.90 Å². The van der Waals surface area contributed by atoms with Gasteiger partial charge >= 0.3 is 6.18 Å². The van der Waals surface area contributed by atoms with Crippen LogP contribution in [0.5, 0.6) is 0 Å². The molecule has 0 amide bonds. The maximum Gasteiger partial charge on any atom is 0.411 e. The normalized spacial score (nSPS) is 11.6. The zero-order valence-corrected chi connectivity index (χ0v) is 10.7. The maximum atomic E-state index is 11.9. The molecule has 1 rings (SSSR count). The number of aromatic nitrogens is 2. The zero-order chi connectivity index (χ0) is 14.3. The first-order valence-corrected chi connectivity index (χ1v) is 5.78. The number of halogens is 4. The van der Waals surface area contributed by atoms with Gasteiger partial charge < -0.3 is 14.7 Å². The number of aliphatic hydroxyl groups is 1. The van der Waals surface area contributed by atoms with Gasteiger partial charge in [-0.25, -0.2) is 9.97 Å². The highest BCUT2D eigenvalue weighted by molar-refractivity contribution is 6.30. The summed E-state index contributed by atoms with van der Waals surface area (Å²) >= 11 is 5.63. The summed E-state index contributed by atoms with van der Waals surface area (Å²) in [6.45, 7) is -1.30. The van der Waals surface area contributed by atoms with Crippen molar-refractivity contribution in [3.63, 3.8) is 0 Å². The van der Waals surface area contributed by atoms with E-state index in [0.29, 0.717) is 5.02 Å². The molecule has 9 heteroatoms. The van der Waals surface area contributed by atoms with Crippen LogP contribution in [0.4, 0.5) is 19.1 Å². The molecule has 0 radical (unpaired) electrons. The van der Waals surface area contributed by atoms with Gasteiger partial charge in [0.05, 0.1) is 30.6 Å². The first kappa shape index (κ1) is 15.9. The molecule has 1 heterocycles. The lowest BCUT2D eigenvalue weighted by atomic mass is 10.5. The van der Waals surface area contributed by atoms with E-state index in [4.69, 9.17) is 16.7 Å². The second-order valence-electron chi connectivity index (χ2n) is 3.58. The fourth-order valence-corrected chi connectivity index (χ4v) is 1.36. The Morgan fingerprint density at radius 1 is 1.26 bits per heavy atom. The van der Waals surface area contributed by atoms with Crippen LogP contribution in [0.25, 0.3) is 0 Å². The van der Waals surface area contributed by atoms with Gasteiger partial charge in [-0.05, 0) is 0 Å². The van der Waals surface area contributed by atoms with Crippen LogP contribution in [0, 0.1) is 0 Å². The summed E-state index contributed by atoms with van der Waals surface area (Å²) < 4.78 is 40.1. The van der Waals surface area contributed by atoms with Crippen molar-refractivity contribution in [3.8, 4) is 0 Å². The Labute approximate surface area is 113 Å². The number of aliphatic hydroxyl groups excluding tert-OH is 1. The molecule has 0 atom stereocenters. The van der Waals surface area contributed by atoms with E-state index in [1.807, 2.05) is 0 Å². The summed E-state index contributed by atoms with van der Waals surface area (Å²) in [5.41, 5.74) is 0. The molecule has 5 nitrogen and oxygen atoms in total. The lowest BCUT2D eigenvalue weighted by Crippen LogP contribution is -2.32. The van der Waals surface area contributed by atoms with Gasteiger partial charge in [0.15, 0.2) is 0 Å². The maximum absolute atomic E-state index is 11.9. The van der Waals surface area contributed by atoms with Crippen LogP contribution in [-0.4, -0.2) is 54.2 Å². The molecular weight excluding hydrogens is 287 g/mol. The first-order valence-electron chi connectivity index (χ1n) is 5.40. The van der Waals surface area contributed by atoms with E-state index in [1.165, 1.54) is 17.3 Å². The third-order valence-electron chi connectivity index (χ3n) is 2.03. The second kappa shape index (κ2) is 7.46. The van der Waals surface area contributed by atoms with Crippen molar-refractivity contribution in [1.82, 2.24) is 9.97 Å². The number of rotatable bonds is 7. The van der Waals surface area contributed by atoms with Gasteiger partial charge in [0.1, 0.15) is 6.61 Å². The lowest BCUT2D eigenvalue weighted by molar-refractivity contribution is -0.173. The van der Waals surface area contributed by atoms with E-state index < -0.39 is 12.8 Å². The zero-order valence-electron chi connectivity index (χ0n) is 9.90. The van der Waals surface area contributed by atoms with E-state index in [0.717, 1.165) is 0 Å². The molecule has 0 aliphatic carbocycles. The molecular formula is C10H13ClF3N3O2. The topological polar surface area (TPSA) is 58.5 Å². The number of anilines is 1. The fraction of sp³-hybridized carbons (Fsp3) is 0.600. The molecule has 0 aliphatic heterocycles. The number of hydrogen-bond donors (Lipinski definition) is 1. The smallest absolute Gasteiger partial charge is 0.395 e. The van der Waals surface area contributed by atoms with Gasteiger partial charge in [0.25, 0.3) is 0 Å². The van der Waals surface area contributed by atoms with Crippen molar-refractivity contribution < 1.29 is 23.0 Å². The van der Waals surface area contributed by atoms with Gasteiger partial charge in [-0.1, -0.05) is 11.6 Å². The summed E-state index contributed by atoms with van der Waals surface area (Å²) in [6.07, 6.45) is -1.62. The van der Waals surface area contributed by atoms with Gasteiger partial charge in [-0.15, -0.1) is 0 Å².